The Bertz CT molecular complexity index is 741. The van der Waals surface area contributed by atoms with Crippen LogP contribution < -0.4 is 0 Å². The lowest BCUT2D eigenvalue weighted by atomic mass is 9.90. The number of hydrogen-bond donors (Lipinski definition) is 2. The van der Waals surface area contributed by atoms with Crippen molar-refractivity contribution < 1.29 is 0 Å². The van der Waals surface area contributed by atoms with E-state index in [2.05, 4.69) is 25.1 Å². The summed E-state index contributed by atoms with van der Waals surface area (Å²) in [6.45, 7) is 2.09. The van der Waals surface area contributed by atoms with Gasteiger partial charge >= 0.3 is 0 Å². The molecule has 0 radical (unpaired) electrons. The van der Waals surface area contributed by atoms with Crippen LogP contribution in [-0.2, 0) is 0 Å². The van der Waals surface area contributed by atoms with E-state index < -0.39 is 0 Å². The van der Waals surface area contributed by atoms with Crippen molar-refractivity contribution in [2.24, 2.45) is 0 Å². The molecule has 82 valence electrons. The third kappa shape index (κ3) is 1.21. The van der Waals surface area contributed by atoms with Crippen molar-refractivity contribution in [2.75, 3.05) is 0 Å². The normalized spacial score (nSPS) is 11.1. The van der Waals surface area contributed by atoms with Gasteiger partial charge in [-0.2, -0.15) is 0 Å². The van der Waals surface area contributed by atoms with Gasteiger partial charge in [-0.1, -0.05) is 30.3 Å². The maximum Gasteiger partial charge on any atom is 0.0256 e. The number of benzene rings is 4. The minimum Gasteiger partial charge on any atom is -0.308 e. The number of hydrogen-bond acceptors (Lipinski definition) is 2. The van der Waals surface area contributed by atoms with Crippen LogP contribution in [0.5, 0.6) is 0 Å². The van der Waals surface area contributed by atoms with Gasteiger partial charge in [-0.3, -0.25) is 0 Å². The zero-order valence-corrected chi connectivity index (χ0v) is 9.54. The number of nitrogens with one attached hydrogen (secondary N) is 2. The van der Waals surface area contributed by atoms with E-state index in [1.165, 1.54) is 23.4 Å². The highest BCUT2D eigenvalue weighted by molar-refractivity contribution is 6.21. The first-order valence-electron chi connectivity index (χ1n) is 5.55. The Morgan fingerprint density at radius 3 is 2.12 bits per heavy atom. The summed E-state index contributed by atoms with van der Waals surface area (Å²) in [6.07, 6.45) is 2.78. The highest BCUT2D eigenvalue weighted by atomic mass is 14.3. The van der Waals surface area contributed by atoms with Crippen molar-refractivity contribution in [2.45, 2.75) is 6.92 Å². The smallest absolute Gasteiger partial charge is 0.0256 e. The van der Waals surface area contributed by atoms with Crippen LogP contribution in [-0.4, -0.2) is 12.4 Å². The molecule has 2 heteroatoms. The van der Waals surface area contributed by atoms with E-state index in [-0.39, 0.29) is 0 Å². The van der Waals surface area contributed by atoms with Crippen LogP contribution >= 0.6 is 0 Å². The molecule has 4 rings (SSSR count). The van der Waals surface area contributed by atoms with Crippen LogP contribution in [0.3, 0.4) is 0 Å². The molecule has 0 fully saturated rings. The maximum absolute atomic E-state index is 7.51. The molecule has 2 bridgehead atoms. The quantitative estimate of drug-likeness (QED) is 0.618. The fourth-order valence-electron chi connectivity index (χ4n) is 2.58. The summed E-state index contributed by atoms with van der Waals surface area (Å²) in [6, 6.07) is 10.2. The molecular weight excluding hydrogens is 208 g/mol. The Balaban J connectivity index is 2.68. The Kier molecular flexibility index (Phi) is 1.99. The maximum atomic E-state index is 7.51. The van der Waals surface area contributed by atoms with Gasteiger partial charge in [0, 0.05) is 23.6 Å². The van der Waals surface area contributed by atoms with Crippen molar-refractivity contribution in [3.05, 3.63) is 47.0 Å². The van der Waals surface area contributed by atoms with Gasteiger partial charge in [-0.25, -0.2) is 0 Å². The molecule has 0 heterocycles. The summed E-state index contributed by atoms with van der Waals surface area (Å²) in [5.74, 6) is 0. The van der Waals surface area contributed by atoms with E-state index in [4.69, 9.17) is 10.8 Å². The third-order valence-corrected chi connectivity index (χ3v) is 3.37. The second-order valence-electron chi connectivity index (χ2n) is 4.31. The first-order chi connectivity index (χ1) is 8.26. The fraction of sp³-hybridized carbons (Fsp3) is 0.0667. The largest absolute Gasteiger partial charge is 0.308 e. The Labute approximate surface area is 99.2 Å². The molecule has 0 aliphatic heterocycles. The average Bonchev–Trinajstić information content (AvgIpc) is 2.37. The molecule has 2 nitrogen and oxygen atoms in total. The minimum absolute atomic E-state index is 0.922. The number of rotatable bonds is 2. The van der Waals surface area contributed by atoms with Crippen molar-refractivity contribution >= 4 is 34.0 Å². The second kappa shape index (κ2) is 3.39. The summed E-state index contributed by atoms with van der Waals surface area (Å²) in [5.41, 5.74) is 3.08. The van der Waals surface area contributed by atoms with Crippen molar-refractivity contribution in [3.8, 4) is 0 Å². The first kappa shape index (κ1) is 9.97. The van der Waals surface area contributed by atoms with E-state index in [9.17, 15) is 0 Å². The lowest BCUT2D eigenvalue weighted by Crippen LogP contribution is -1.94. The monoisotopic (exact) mass is 220 g/mol. The van der Waals surface area contributed by atoms with Crippen LogP contribution in [0.2, 0.25) is 0 Å². The van der Waals surface area contributed by atoms with E-state index in [1.54, 1.807) is 0 Å². The van der Waals surface area contributed by atoms with E-state index in [0.717, 1.165) is 27.3 Å². The molecule has 4 aromatic rings. The molecule has 0 spiro atoms. The SMILES string of the molecule is Cc1cc2ccc1c1c(C=N)ccc(C=N)c21. The van der Waals surface area contributed by atoms with Gasteiger partial charge in [0.2, 0.25) is 0 Å². The first-order valence-corrected chi connectivity index (χ1v) is 5.55. The molecule has 0 amide bonds. The highest BCUT2D eigenvalue weighted by Crippen LogP contribution is 2.34. The molecule has 0 unspecified atom stereocenters. The van der Waals surface area contributed by atoms with Gasteiger partial charge in [0.1, 0.15) is 0 Å². The highest BCUT2D eigenvalue weighted by Gasteiger charge is 2.11. The summed E-state index contributed by atoms with van der Waals surface area (Å²) in [4.78, 5) is 0. The number of aryl methyl sites for hydroxylation is 1. The molecule has 0 saturated heterocycles. The van der Waals surface area contributed by atoms with E-state index >= 15 is 0 Å². The molecule has 0 atom stereocenters. The lowest BCUT2D eigenvalue weighted by Gasteiger charge is -2.14. The van der Waals surface area contributed by atoms with Gasteiger partial charge < -0.3 is 10.8 Å². The fourth-order valence-corrected chi connectivity index (χ4v) is 2.58. The molecule has 2 N–H and O–H groups in total. The predicted molar refractivity (Wildman–Crippen MR) is 73.1 cm³/mol. The Morgan fingerprint density at radius 2 is 1.53 bits per heavy atom. The van der Waals surface area contributed by atoms with Gasteiger partial charge in [0.05, 0.1) is 0 Å². The van der Waals surface area contributed by atoms with Crippen LogP contribution in [0.15, 0.2) is 30.3 Å². The van der Waals surface area contributed by atoms with Gasteiger partial charge in [0.15, 0.2) is 0 Å². The van der Waals surface area contributed by atoms with Crippen LogP contribution in [0.25, 0.3) is 21.5 Å². The zero-order chi connectivity index (χ0) is 12.0. The summed E-state index contributed by atoms with van der Waals surface area (Å²) in [7, 11) is 0. The van der Waals surface area contributed by atoms with Gasteiger partial charge in [-0.05, 0) is 34.0 Å². The average molecular weight is 220 g/mol. The van der Waals surface area contributed by atoms with Crippen LogP contribution in [0, 0.1) is 17.7 Å². The molecule has 0 aromatic heterocycles. The molecule has 0 aliphatic rings. The lowest BCUT2D eigenvalue weighted by molar-refractivity contribution is 1.52. The topological polar surface area (TPSA) is 47.7 Å². The zero-order valence-electron chi connectivity index (χ0n) is 9.54. The molecular formula is C15H12N2. The molecule has 4 aromatic carbocycles. The van der Waals surface area contributed by atoms with Crippen LogP contribution in [0.4, 0.5) is 0 Å². The summed E-state index contributed by atoms with van der Waals surface area (Å²) in [5, 5.41) is 19.5. The summed E-state index contributed by atoms with van der Waals surface area (Å²) < 4.78 is 0. The molecule has 17 heavy (non-hydrogen) atoms. The Morgan fingerprint density at radius 1 is 0.882 bits per heavy atom. The second-order valence-corrected chi connectivity index (χ2v) is 4.31. The van der Waals surface area contributed by atoms with Crippen molar-refractivity contribution in [1.82, 2.24) is 0 Å². The standard InChI is InChI=1S/C15H12N2/c1-9-6-10-4-5-13(9)15-12(8-17)3-2-11(7-16)14(10)15/h2-8,16-17H,1H3. The van der Waals surface area contributed by atoms with Crippen LogP contribution in [0.1, 0.15) is 16.7 Å². The third-order valence-electron chi connectivity index (χ3n) is 3.37. The van der Waals surface area contributed by atoms with Crippen molar-refractivity contribution in [1.29, 1.82) is 10.8 Å². The van der Waals surface area contributed by atoms with E-state index in [0.29, 0.717) is 0 Å². The minimum atomic E-state index is 0.922. The van der Waals surface area contributed by atoms with Gasteiger partial charge in [0.25, 0.3) is 0 Å². The predicted octanol–water partition coefficient (Wildman–Crippen LogP) is 3.73. The summed E-state index contributed by atoms with van der Waals surface area (Å²) >= 11 is 0. The molecule has 0 aliphatic carbocycles. The number of fused-ring (bicyclic) bond motifs is 2. The van der Waals surface area contributed by atoms with Gasteiger partial charge in [-0.15, -0.1) is 0 Å². The Hall–Kier alpha value is -2.22. The van der Waals surface area contributed by atoms with Crippen molar-refractivity contribution in [3.63, 3.8) is 0 Å². The van der Waals surface area contributed by atoms with E-state index in [1.807, 2.05) is 12.1 Å². The molecule has 0 saturated carbocycles.